The van der Waals surface area contributed by atoms with Crippen molar-refractivity contribution in [2.24, 2.45) is 0 Å². The molecular formula is C15H16F3N3O2. The summed E-state index contributed by atoms with van der Waals surface area (Å²) < 4.78 is 38.6. The van der Waals surface area contributed by atoms with Crippen molar-refractivity contribution in [2.45, 2.75) is 31.9 Å². The van der Waals surface area contributed by atoms with Crippen LogP contribution in [0.15, 0.2) is 24.3 Å². The van der Waals surface area contributed by atoms with E-state index < -0.39 is 18.0 Å². The monoisotopic (exact) mass is 327 g/mol. The lowest BCUT2D eigenvalue weighted by Gasteiger charge is -2.12. The van der Waals surface area contributed by atoms with Crippen LogP contribution < -0.4 is 5.32 Å². The number of benzene rings is 1. The first kappa shape index (κ1) is 17.0. The van der Waals surface area contributed by atoms with Gasteiger partial charge in [-0.2, -0.15) is 13.2 Å². The number of aromatic nitrogens is 2. The number of carbonyl (C=O) groups is 1. The van der Waals surface area contributed by atoms with Crippen LogP contribution in [-0.4, -0.2) is 27.6 Å². The Balaban J connectivity index is 2.08. The third kappa shape index (κ3) is 4.80. The minimum atomic E-state index is -4.61. The number of nitrogens with one attached hydrogen (secondary N) is 1. The molecule has 0 aliphatic heterocycles. The zero-order valence-corrected chi connectivity index (χ0v) is 12.2. The summed E-state index contributed by atoms with van der Waals surface area (Å²) in [5.41, 5.74) is 0.225. The zero-order chi connectivity index (χ0) is 16.9. The van der Waals surface area contributed by atoms with E-state index in [0.717, 1.165) is 0 Å². The molecular weight excluding hydrogens is 311 g/mol. The predicted molar refractivity (Wildman–Crippen MR) is 79.1 cm³/mol. The Hall–Kier alpha value is -2.38. The van der Waals surface area contributed by atoms with Gasteiger partial charge in [0.25, 0.3) is 0 Å². The molecule has 0 atom stereocenters. The molecule has 0 fully saturated rings. The number of unbranched alkanes of at least 4 members (excludes halogenated alkanes) is 2. The number of carboxylic acid groups (broad SMARTS) is 1. The van der Waals surface area contributed by atoms with Crippen molar-refractivity contribution in [1.29, 1.82) is 0 Å². The molecule has 8 heteroatoms. The maximum Gasteiger partial charge on any atom is 0.451 e. The number of hydrogen-bond acceptors (Lipinski definition) is 4. The summed E-state index contributed by atoms with van der Waals surface area (Å²) in [5.74, 6) is -1.89. The quantitative estimate of drug-likeness (QED) is 0.758. The summed E-state index contributed by atoms with van der Waals surface area (Å²) in [6.45, 7) is 0.415. The Bertz CT molecular complexity index is 689. The molecule has 0 aliphatic rings. The normalized spacial score (nSPS) is 11.6. The van der Waals surface area contributed by atoms with Gasteiger partial charge in [0, 0.05) is 18.4 Å². The van der Waals surface area contributed by atoms with Crippen LogP contribution in [0.5, 0.6) is 0 Å². The highest BCUT2D eigenvalue weighted by Crippen LogP contribution is 2.30. The van der Waals surface area contributed by atoms with Crippen LogP contribution in [-0.2, 0) is 11.0 Å². The van der Waals surface area contributed by atoms with E-state index in [1.807, 2.05) is 0 Å². The van der Waals surface area contributed by atoms with Crippen molar-refractivity contribution >= 4 is 22.7 Å². The first-order valence-electron chi connectivity index (χ1n) is 7.17. The fourth-order valence-electron chi connectivity index (χ4n) is 2.12. The number of aliphatic carboxylic acids is 1. The Labute approximate surface area is 130 Å². The van der Waals surface area contributed by atoms with E-state index in [0.29, 0.717) is 31.2 Å². The Kier molecular flexibility index (Phi) is 5.36. The van der Waals surface area contributed by atoms with Crippen molar-refractivity contribution in [1.82, 2.24) is 9.97 Å². The molecule has 0 spiro atoms. The zero-order valence-electron chi connectivity index (χ0n) is 12.2. The summed E-state index contributed by atoms with van der Waals surface area (Å²) >= 11 is 0. The molecule has 1 heterocycles. The third-order valence-corrected chi connectivity index (χ3v) is 3.22. The number of carboxylic acids is 1. The molecule has 0 aliphatic carbocycles. The SMILES string of the molecule is O=C(O)CCCCCNc1nc(C(F)(F)F)nc2ccccc12. The van der Waals surface area contributed by atoms with Gasteiger partial charge in [-0.25, -0.2) is 9.97 Å². The van der Waals surface area contributed by atoms with E-state index in [1.165, 1.54) is 6.07 Å². The van der Waals surface area contributed by atoms with Gasteiger partial charge in [-0.1, -0.05) is 18.6 Å². The van der Waals surface area contributed by atoms with Gasteiger partial charge in [-0.05, 0) is 25.0 Å². The van der Waals surface area contributed by atoms with E-state index in [-0.39, 0.29) is 17.8 Å². The Morgan fingerprint density at radius 1 is 1.13 bits per heavy atom. The van der Waals surface area contributed by atoms with Gasteiger partial charge in [-0.3, -0.25) is 4.79 Å². The Morgan fingerprint density at radius 2 is 1.87 bits per heavy atom. The van der Waals surface area contributed by atoms with Crippen LogP contribution in [0.3, 0.4) is 0 Å². The number of halogens is 3. The highest BCUT2D eigenvalue weighted by Gasteiger charge is 2.35. The Morgan fingerprint density at radius 3 is 2.57 bits per heavy atom. The van der Waals surface area contributed by atoms with E-state index in [2.05, 4.69) is 15.3 Å². The topological polar surface area (TPSA) is 75.1 Å². The number of anilines is 1. The molecule has 0 amide bonds. The standard InChI is InChI=1S/C15H16F3N3O2/c16-15(17,18)14-20-11-7-4-3-6-10(11)13(21-14)19-9-5-1-2-8-12(22)23/h3-4,6-7H,1-2,5,8-9H2,(H,22,23)(H,19,20,21). The largest absolute Gasteiger partial charge is 0.481 e. The minimum Gasteiger partial charge on any atom is -0.481 e. The molecule has 2 N–H and O–H groups in total. The second kappa shape index (κ2) is 7.26. The summed E-state index contributed by atoms with van der Waals surface area (Å²) in [6, 6.07) is 6.48. The second-order valence-electron chi connectivity index (χ2n) is 5.04. The lowest BCUT2D eigenvalue weighted by Crippen LogP contribution is -2.14. The van der Waals surface area contributed by atoms with Crippen molar-refractivity contribution in [3.8, 4) is 0 Å². The van der Waals surface area contributed by atoms with Crippen LogP contribution in [0, 0.1) is 0 Å². The van der Waals surface area contributed by atoms with Gasteiger partial charge in [0.15, 0.2) is 0 Å². The molecule has 2 aromatic rings. The summed E-state index contributed by atoms with van der Waals surface area (Å²) in [7, 11) is 0. The van der Waals surface area contributed by atoms with Crippen molar-refractivity contribution < 1.29 is 23.1 Å². The fraction of sp³-hybridized carbons (Fsp3) is 0.400. The molecule has 0 saturated heterocycles. The van der Waals surface area contributed by atoms with E-state index in [9.17, 15) is 18.0 Å². The number of hydrogen-bond donors (Lipinski definition) is 2. The molecule has 124 valence electrons. The highest BCUT2D eigenvalue weighted by atomic mass is 19.4. The lowest BCUT2D eigenvalue weighted by molar-refractivity contribution is -0.144. The second-order valence-corrected chi connectivity index (χ2v) is 5.04. The van der Waals surface area contributed by atoms with Gasteiger partial charge in [0.2, 0.25) is 5.82 Å². The van der Waals surface area contributed by atoms with E-state index in [4.69, 9.17) is 5.11 Å². The summed E-state index contributed by atoms with van der Waals surface area (Å²) in [5, 5.41) is 11.9. The van der Waals surface area contributed by atoms with Crippen molar-refractivity contribution in [2.75, 3.05) is 11.9 Å². The lowest BCUT2D eigenvalue weighted by atomic mass is 10.2. The first-order chi connectivity index (χ1) is 10.9. The van der Waals surface area contributed by atoms with Gasteiger partial charge in [0.05, 0.1) is 5.52 Å². The minimum absolute atomic E-state index is 0.0919. The molecule has 1 aromatic carbocycles. The van der Waals surface area contributed by atoms with Gasteiger partial charge >= 0.3 is 12.1 Å². The van der Waals surface area contributed by atoms with Crippen molar-refractivity contribution in [3.05, 3.63) is 30.1 Å². The molecule has 1 aromatic heterocycles. The van der Waals surface area contributed by atoms with Crippen LogP contribution in [0.4, 0.5) is 19.0 Å². The fourth-order valence-corrected chi connectivity index (χ4v) is 2.12. The number of rotatable bonds is 7. The predicted octanol–water partition coefficient (Wildman–Crippen LogP) is 3.71. The molecule has 0 bridgehead atoms. The molecule has 0 unspecified atom stereocenters. The molecule has 0 saturated carbocycles. The van der Waals surface area contributed by atoms with Crippen molar-refractivity contribution in [3.63, 3.8) is 0 Å². The van der Waals surface area contributed by atoms with Gasteiger partial charge in [-0.15, -0.1) is 0 Å². The molecule has 5 nitrogen and oxygen atoms in total. The third-order valence-electron chi connectivity index (χ3n) is 3.22. The van der Waals surface area contributed by atoms with Gasteiger partial charge < -0.3 is 10.4 Å². The first-order valence-corrected chi connectivity index (χ1v) is 7.17. The maximum absolute atomic E-state index is 12.9. The number of para-hydroxylation sites is 1. The number of alkyl halides is 3. The van der Waals surface area contributed by atoms with Crippen LogP contribution in [0.1, 0.15) is 31.5 Å². The highest BCUT2D eigenvalue weighted by molar-refractivity contribution is 5.89. The van der Waals surface area contributed by atoms with Crippen LogP contribution >= 0.6 is 0 Å². The average molecular weight is 327 g/mol. The van der Waals surface area contributed by atoms with E-state index >= 15 is 0 Å². The van der Waals surface area contributed by atoms with Crippen LogP contribution in [0.25, 0.3) is 10.9 Å². The summed E-state index contributed by atoms with van der Waals surface area (Å²) in [6.07, 6.45) is -2.66. The summed E-state index contributed by atoms with van der Waals surface area (Å²) in [4.78, 5) is 17.5. The van der Waals surface area contributed by atoms with Crippen LogP contribution in [0.2, 0.25) is 0 Å². The van der Waals surface area contributed by atoms with Gasteiger partial charge in [0.1, 0.15) is 5.82 Å². The maximum atomic E-state index is 12.9. The van der Waals surface area contributed by atoms with E-state index in [1.54, 1.807) is 18.2 Å². The number of nitrogens with zero attached hydrogens (tertiary/aromatic N) is 2. The molecule has 2 rings (SSSR count). The number of fused-ring (bicyclic) bond motifs is 1. The molecule has 23 heavy (non-hydrogen) atoms. The average Bonchev–Trinajstić information content (AvgIpc) is 2.49. The molecule has 0 radical (unpaired) electrons. The smallest absolute Gasteiger partial charge is 0.451 e.